The van der Waals surface area contributed by atoms with E-state index >= 15 is 0 Å². The number of nitrogens with zero attached hydrogens (tertiary/aromatic N) is 2. The van der Waals surface area contributed by atoms with Gasteiger partial charge in [0.25, 0.3) is 0 Å². The van der Waals surface area contributed by atoms with Gasteiger partial charge in [-0.15, -0.1) is 0 Å². The lowest BCUT2D eigenvalue weighted by Crippen LogP contribution is -2.08. The third-order valence-corrected chi connectivity index (χ3v) is 7.25. The van der Waals surface area contributed by atoms with Crippen molar-refractivity contribution in [1.29, 1.82) is 0 Å². The Bertz CT molecular complexity index is 1460. The number of alkyl halides is 3. The number of aromatic nitrogens is 2. The fourth-order valence-electron chi connectivity index (χ4n) is 3.59. The lowest BCUT2D eigenvalue weighted by Gasteiger charge is -2.12. The molecule has 0 aliphatic heterocycles. The predicted octanol–water partition coefficient (Wildman–Crippen LogP) is 5.37. The van der Waals surface area contributed by atoms with Crippen LogP contribution in [-0.4, -0.2) is 34.9 Å². The molecule has 176 valence electrons. The summed E-state index contributed by atoms with van der Waals surface area (Å²) in [5.74, 6) is 0. The molecule has 34 heavy (non-hydrogen) atoms. The molecule has 0 N–H and O–H groups in total. The van der Waals surface area contributed by atoms with Gasteiger partial charge in [-0.05, 0) is 42.0 Å². The van der Waals surface area contributed by atoms with E-state index in [1.807, 2.05) is 0 Å². The van der Waals surface area contributed by atoms with Crippen LogP contribution in [0.5, 0.6) is 0 Å². The van der Waals surface area contributed by atoms with Gasteiger partial charge in [-0.3, -0.25) is 4.21 Å². The van der Waals surface area contributed by atoms with E-state index in [1.165, 1.54) is 35.2 Å². The van der Waals surface area contributed by atoms with Crippen molar-refractivity contribution in [3.63, 3.8) is 0 Å². The fourth-order valence-corrected chi connectivity index (χ4v) is 4.74. The molecule has 3 aromatic carbocycles. The molecule has 0 aliphatic rings. The highest BCUT2D eigenvalue weighted by atomic mass is 32.2. The van der Waals surface area contributed by atoms with Crippen LogP contribution in [0.25, 0.3) is 28.1 Å². The van der Waals surface area contributed by atoms with Crippen molar-refractivity contribution in [2.75, 3.05) is 12.5 Å². The number of sulfone groups is 1. The maximum absolute atomic E-state index is 14.2. The van der Waals surface area contributed by atoms with Gasteiger partial charge in [0.2, 0.25) is 0 Å². The normalized spacial score (nSPS) is 13.1. The van der Waals surface area contributed by atoms with Gasteiger partial charge < -0.3 is 0 Å². The van der Waals surface area contributed by atoms with Gasteiger partial charge >= 0.3 is 6.18 Å². The molecule has 0 spiro atoms. The monoisotopic (exact) mass is 504 g/mol. The smallest absolute Gasteiger partial charge is 0.255 e. The molecular formula is C24H19F3N2O3S2. The Balaban J connectivity index is 2.05. The molecule has 5 nitrogen and oxygen atoms in total. The van der Waals surface area contributed by atoms with Crippen molar-refractivity contribution in [3.05, 3.63) is 84.6 Å². The number of hydrogen-bond donors (Lipinski definition) is 0. The highest BCUT2D eigenvalue weighted by Gasteiger charge is 2.40. The van der Waals surface area contributed by atoms with Crippen LogP contribution < -0.4 is 0 Å². The Morgan fingerprint density at radius 3 is 1.94 bits per heavy atom. The first-order valence-corrected chi connectivity index (χ1v) is 13.4. The lowest BCUT2D eigenvalue weighted by atomic mass is 9.98. The van der Waals surface area contributed by atoms with E-state index in [0.29, 0.717) is 21.7 Å². The summed E-state index contributed by atoms with van der Waals surface area (Å²) in [6, 6.07) is 20.0. The van der Waals surface area contributed by atoms with Crippen molar-refractivity contribution < 1.29 is 25.8 Å². The van der Waals surface area contributed by atoms with Crippen molar-refractivity contribution in [2.45, 2.75) is 16.0 Å². The summed E-state index contributed by atoms with van der Waals surface area (Å²) in [6.07, 6.45) is -2.18. The molecule has 10 heteroatoms. The molecule has 0 saturated heterocycles. The van der Waals surface area contributed by atoms with E-state index in [9.17, 15) is 25.8 Å². The van der Waals surface area contributed by atoms with Crippen molar-refractivity contribution in [3.8, 4) is 28.1 Å². The second-order valence-corrected chi connectivity index (χ2v) is 11.0. The molecule has 0 bridgehead atoms. The first kappa shape index (κ1) is 23.9. The minimum atomic E-state index is -4.75. The summed E-state index contributed by atoms with van der Waals surface area (Å²) in [6.45, 7) is 0. The summed E-state index contributed by atoms with van der Waals surface area (Å²) in [7, 11) is -4.74. The zero-order valence-corrected chi connectivity index (χ0v) is 19.7. The number of benzene rings is 3. The summed E-state index contributed by atoms with van der Waals surface area (Å²) in [5.41, 5.74) is -0.0210. The maximum Gasteiger partial charge on any atom is 0.435 e. The first-order chi connectivity index (χ1) is 16.0. The maximum atomic E-state index is 14.2. The van der Waals surface area contributed by atoms with E-state index in [2.05, 4.69) is 5.10 Å². The van der Waals surface area contributed by atoms with Gasteiger partial charge in [0.1, 0.15) is 0 Å². The molecule has 0 amide bonds. The van der Waals surface area contributed by atoms with E-state index < -0.39 is 32.5 Å². The van der Waals surface area contributed by atoms with Crippen molar-refractivity contribution in [1.82, 2.24) is 9.78 Å². The van der Waals surface area contributed by atoms with Crippen LogP contribution >= 0.6 is 0 Å². The Morgan fingerprint density at radius 2 is 1.44 bits per heavy atom. The highest BCUT2D eigenvalue weighted by Crippen LogP contribution is 2.43. The number of rotatable bonds is 5. The van der Waals surface area contributed by atoms with Gasteiger partial charge in [-0.2, -0.15) is 18.3 Å². The van der Waals surface area contributed by atoms with Crippen LogP contribution in [0.15, 0.2) is 88.7 Å². The summed E-state index contributed by atoms with van der Waals surface area (Å²) >= 11 is 0. The highest BCUT2D eigenvalue weighted by molar-refractivity contribution is 7.90. The Morgan fingerprint density at radius 1 is 0.853 bits per heavy atom. The molecule has 1 heterocycles. The molecule has 4 rings (SSSR count). The second kappa shape index (κ2) is 8.84. The molecule has 0 saturated carbocycles. The second-order valence-electron chi connectivity index (χ2n) is 7.59. The standard InChI is InChI=1S/C24H19F3N2O3S2/c1-33(30)19-12-10-18(11-13-19)29-22(17-8-14-20(15-9-17)34(2,31)32)21(16-6-4-3-5-7-16)23(28-29)24(25,26)27/h3-15H,1-2H3. The Labute approximate surface area is 197 Å². The Hall–Kier alpha value is -3.24. The van der Waals surface area contributed by atoms with Gasteiger partial charge in [0.15, 0.2) is 15.5 Å². The quantitative estimate of drug-likeness (QED) is 0.367. The average Bonchev–Trinajstić information content (AvgIpc) is 3.20. The van der Waals surface area contributed by atoms with Crippen LogP contribution in [0.4, 0.5) is 13.2 Å². The Kier molecular flexibility index (Phi) is 6.22. The van der Waals surface area contributed by atoms with E-state index in [1.54, 1.807) is 54.6 Å². The average molecular weight is 505 g/mol. The minimum Gasteiger partial charge on any atom is -0.255 e. The zero-order chi connectivity index (χ0) is 24.7. The third-order valence-electron chi connectivity index (χ3n) is 5.19. The largest absolute Gasteiger partial charge is 0.435 e. The molecule has 4 aromatic rings. The first-order valence-electron chi connectivity index (χ1n) is 9.97. The van der Waals surface area contributed by atoms with E-state index in [4.69, 9.17) is 0 Å². The molecule has 1 aromatic heterocycles. The molecule has 1 atom stereocenters. The van der Waals surface area contributed by atoms with Gasteiger partial charge in [0.05, 0.1) is 16.3 Å². The molecule has 1 unspecified atom stereocenters. The number of halogens is 3. The molecule has 0 radical (unpaired) electrons. The zero-order valence-electron chi connectivity index (χ0n) is 18.1. The third kappa shape index (κ3) is 4.69. The van der Waals surface area contributed by atoms with Crippen LogP contribution in [0.3, 0.4) is 0 Å². The predicted molar refractivity (Wildman–Crippen MR) is 125 cm³/mol. The van der Waals surface area contributed by atoms with Gasteiger partial charge in [-0.25, -0.2) is 13.1 Å². The van der Waals surface area contributed by atoms with Gasteiger partial charge in [-0.1, -0.05) is 42.5 Å². The van der Waals surface area contributed by atoms with Crippen LogP contribution in [0.2, 0.25) is 0 Å². The number of hydrogen-bond acceptors (Lipinski definition) is 4. The molecule has 0 fully saturated rings. The van der Waals surface area contributed by atoms with Crippen molar-refractivity contribution in [2.24, 2.45) is 0 Å². The van der Waals surface area contributed by atoms with Gasteiger partial charge in [0, 0.05) is 39.3 Å². The summed E-state index contributed by atoms with van der Waals surface area (Å²) < 4.78 is 79.2. The minimum absolute atomic E-state index is 0.0504. The van der Waals surface area contributed by atoms with Crippen LogP contribution in [0, 0.1) is 0 Å². The summed E-state index contributed by atoms with van der Waals surface area (Å²) in [4.78, 5) is 0.573. The topological polar surface area (TPSA) is 69.0 Å². The SMILES string of the molecule is CS(=O)c1ccc(-n2nc(C(F)(F)F)c(-c3ccccc3)c2-c2ccc(S(C)(=O)=O)cc2)cc1. The van der Waals surface area contributed by atoms with Crippen LogP contribution in [-0.2, 0) is 26.8 Å². The van der Waals surface area contributed by atoms with E-state index in [0.717, 1.165) is 6.26 Å². The molecule has 0 aliphatic carbocycles. The lowest BCUT2D eigenvalue weighted by molar-refractivity contribution is -0.140. The summed E-state index contributed by atoms with van der Waals surface area (Å²) in [5, 5.41) is 3.95. The fraction of sp³-hybridized carbons (Fsp3) is 0.125. The van der Waals surface area contributed by atoms with E-state index in [-0.39, 0.29) is 16.2 Å². The van der Waals surface area contributed by atoms with Crippen molar-refractivity contribution >= 4 is 20.6 Å². The molecular weight excluding hydrogens is 485 g/mol. The van der Waals surface area contributed by atoms with Crippen LogP contribution in [0.1, 0.15) is 5.69 Å².